The number of hydrogen-bond donors (Lipinski definition) is 3. The molecule has 0 radical (unpaired) electrons. The number of pyridine rings is 2. The second-order valence-corrected chi connectivity index (χ2v) is 6.73. The van der Waals surface area contributed by atoms with Crippen molar-refractivity contribution in [1.29, 1.82) is 0 Å². The maximum absolute atomic E-state index is 12.7. The lowest BCUT2D eigenvalue weighted by molar-refractivity contribution is -0.144. The Kier molecular flexibility index (Phi) is 5.53. The average Bonchev–Trinajstić information content (AvgIpc) is 2.69. The number of rotatable bonds is 4. The zero-order valence-corrected chi connectivity index (χ0v) is 15.2. The standard InChI is InChI=1S/C19H20N4O5/c1-11-4-5-14(8-21-11)22-17(25)12-7-13(19(27)28)10-23(9-12)18(26)16-15(24)3-2-6-20-16/h2-6,8,12-13,24H,7,9-10H2,1H3,(H,22,25)(H,27,28)/t12-,13+/m1/s1. The predicted octanol–water partition coefficient (Wildman–Crippen LogP) is 1.29. The topological polar surface area (TPSA) is 133 Å². The molecule has 0 aliphatic carbocycles. The molecule has 0 aromatic carbocycles. The Morgan fingerprint density at radius 1 is 1.14 bits per heavy atom. The summed E-state index contributed by atoms with van der Waals surface area (Å²) in [6.45, 7) is 1.80. The van der Waals surface area contributed by atoms with E-state index in [0.29, 0.717) is 5.69 Å². The molecule has 0 saturated carbocycles. The van der Waals surface area contributed by atoms with Crippen molar-refractivity contribution in [3.05, 3.63) is 48.0 Å². The van der Waals surface area contributed by atoms with Crippen molar-refractivity contribution in [1.82, 2.24) is 14.9 Å². The number of carbonyl (C=O) groups excluding carboxylic acids is 2. The van der Waals surface area contributed by atoms with Gasteiger partial charge in [-0.1, -0.05) is 0 Å². The minimum absolute atomic E-state index is 0.0315. The first-order chi connectivity index (χ1) is 13.3. The van der Waals surface area contributed by atoms with Gasteiger partial charge in [-0.25, -0.2) is 4.98 Å². The second kappa shape index (κ2) is 8.03. The second-order valence-electron chi connectivity index (χ2n) is 6.73. The number of aliphatic carboxylic acids is 1. The van der Waals surface area contributed by atoms with E-state index in [-0.39, 0.29) is 36.9 Å². The van der Waals surface area contributed by atoms with Crippen LogP contribution in [0.1, 0.15) is 22.6 Å². The number of anilines is 1. The third-order valence-electron chi connectivity index (χ3n) is 4.63. The van der Waals surface area contributed by atoms with Crippen molar-refractivity contribution in [3.8, 4) is 5.75 Å². The monoisotopic (exact) mass is 384 g/mol. The minimum Gasteiger partial charge on any atom is -0.505 e. The minimum atomic E-state index is -1.09. The quantitative estimate of drug-likeness (QED) is 0.723. The van der Waals surface area contributed by atoms with Crippen LogP contribution in [0.25, 0.3) is 0 Å². The number of amides is 2. The molecule has 0 unspecified atom stereocenters. The van der Waals surface area contributed by atoms with Crippen LogP contribution in [0.4, 0.5) is 5.69 Å². The number of carboxylic acids is 1. The first kappa shape index (κ1) is 19.3. The molecular weight excluding hydrogens is 364 g/mol. The maximum Gasteiger partial charge on any atom is 0.308 e. The zero-order chi connectivity index (χ0) is 20.3. The molecule has 2 atom stereocenters. The van der Waals surface area contributed by atoms with E-state index in [2.05, 4.69) is 15.3 Å². The van der Waals surface area contributed by atoms with Gasteiger partial charge in [0.05, 0.1) is 23.7 Å². The summed E-state index contributed by atoms with van der Waals surface area (Å²) in [6.07, 6.45) is 2.98. The number of aromatic nitrogens is 2. The number of aromatic hydroxyl groups is 1. The highest BCUT2D eigenvalue weighted by Crippen LogP contribution is 2.26. The van der Waals surface area contributed by atoms with Crippen LogP contribution in [0.15, 0.2) is 36.7 Å². The highest BCUT2D eigenvalue weighted by Gasteiger charge is 2.38. The summed E-state index contributed by atoms with van der Waals surface area (Å²) in [5.41, 5.74) is 1.12. The highest BCUT2D eigenvalue weighted by atomic mass is 16.4. The number of nitrogens with one attached hydrogen (secondary N) is 1. The summed E-state index contributed by atoms with van der Waals surface area (Å²) in [6, 6.07) is 6.25. The number of carbonyl (C=O) groups is 3. The van der Waals surface area contributed by atoms with Crippen LogP contribution >= 0.6 is 0 Å². The largest absolute Gasteiger partial charge is 0.505 e. The number of aryl methyl sites for hydroxylation is 1. The van der Waals surface area contributed by atoms with E-state index < -0.39 is 23.7 Å². The van der Waals surface area contributed by atoms with Gasteiger partial charge >= 0.3 is 5.97 Å². The fraction of sp³-hybridized carbons (Fsp3) is 0.316. The van der Waals surface area contributed by atoms with E-state index in [1.165, 1.54) is 29.4 Å². The van der Waals surface area contributed by atoms with E-state index in [0.717, 1.165) is 5.69 Å². The lowest BCUT2D eigenvalue weighted by atomic mass is 9.88. The lowest BCUT2D eigenvalue weighted by Crippen LogP contribution is -2.49. The third-order valence-corrected chi connectivity index (χ3v) is 4.63. The van der Waals surface area contributed by atoms with Gasteiger partial charge in [-0.2, -0.15) is 0 Å². The van der Waals surface area contributed by atoms with Gasteiger partial charge in [0.15, 0.2) is 5.69 Å². The van der Waals surface area contributed by atoms with Crippen LogP contribution < -0.4 is 5.32 Å². The lowest BCUT2D eigenvalue weighted by Gasteiger charge is -2.35. The van der Waals surface area contributed by atoms with E-state index in [4.69, 9.17) is 0 Å². The SMILES string of the molecule is Cc1ccc(NC(=O)[C@@H]2C[C@H](C(=O)O)CN(C(=O)c3ncccc3O)C2)cn1. The Balaban J connectivity index is 1.78. The van der Waals surface area contributed by atoms with Gasteiger partial charge in [0, 0.05) is 25.0 Å². The van der Waals surface area contributed by atoms with E-state index in [1.807, 2.05) is 6.92 Å². The molecule has 3 heterocycles. The normalized spacial score (nSPS) is 19.1. The number of nitrogens with zero attached hydrogens (tertiary/aromatic N) is 3. The summed E-state index contributed by atoms with van der Waals surface area (Å²) in [5, 5.41) is 22.0. The van der Waals surface area contributed by atoms with E-state index >= 15 is 0 Å². The molecule has 3 N–H and O–H groups in total. The van der Waals surface area contributed by atoms with Crippen molar-refractivity contribution in [2.24, 2.45) is 11.8 Å². The Bertz CT molecular complexity index is 899. The molecule has 2 amide bonds. The summed E-state index contributed by atoms with van der Waals surface area (Å²) in [5.74, 6) is -3.99. The van der Waals surface area contributed by atoms with Gasteiger partial charge in [-0.15, -0.1) is 0 Å². The molecule has 9 heteroatoms. The van der Waals surface area contributed by atoms with E-state index in [1.54, 1.807) is 12.1 Å². The van der Waals surface area contributed by atoms with Crippen LogP contribution in [0.3, 0.4) is 0 Å². The number of carboxylic acid groups (broad SMARTS) is 1. The Morgan fingerprint density at radius 2 is 1.89 bits per heavy atom. The van der Waals surface area contributed by atoms with Crippen LogP contribution in [0, 0.1) is 18.8 Å². The number of hydrogen-bond acceptors (Lipinski definition) is 6. The summed E-state index contributed by atoms with van der Waals surface area (Å²) in [4.78, 5) is 46.2. The molecule has 9 nitrogen and oxygen atoms in total. The van der Waals surface area contributed by atoms with Gasteiger partial charge in [-0.05, 0) is 37.6 Å². The molecule has 1 fully saturated rings. The smallest absolute Gasteiger partial charge is 0.308 e. The van der Waals surface area contributed by atoms with Crippen molar-refractivity contribution in [3.63, 3.8) is 0 Å². The summed E-state index contributed by atoms with van der Waals surface area (Å²) < 4.78 is 0. The van der Waals surface area contributed by atoms with Crippen molar-refractivity contribution in [2.75, 3.05) is 18.4 Å². The molecule has 0 bridgehead atoms. The van der Waals surface area contributed by atoms with Gasteiger partial charge in [0.25, 0.3) is 5.91 Å². The molecule has 28 heavy (non-hydrogen) atoms. The molecule has 3 rings (SSSR count). The molecule has 2 aromatic rings. The molecule has 2 aromatic heterocycles. The van der Waals surface area contributed by atoms with E-state index in [9.17, 15) is 24.6 Å². The molecular formula is C19H20N4O5. The number of likely N-dealkylation sites (tertiary alicyclic amines) is 1. The van der Waals surface area contributed by atoms with Crippen LogP contribution in [-0.4, -0.2) is 56.0 Å². The first-order valence-electron chi connectivity index (χ1n) is 8.74. The predicted molar refractivity (Wildman–Crippen MR) is 98.6 cm³/mol. The molecule has 0 spiro atoms. The number of piperidine rings is 1. The zero-order valence-electron chi connectivity index (χ0n) is 15.2. The Morgan fingerprint density at radius 3 is 2.54 bits per heavy atom. The molecule has 1 saturated heterocycles. The molecule has 1 aliphatic heterocycles. The van der Waals surface area contributed by atoms with Crippen LogP contribution in [-0.2, 0) is 9.59 Å². The van der Waals surface area contributed by atoms with Gasteiger partial charge < -0.3 is 20.4 Å². The van der Waals surface area contributed by atoms with Crippen molar-refractivity contribution >= 4 is 23.5 Å². The van der Waals surface area contributed by atoms with Crippen LogP contribution in [0.2, 0.25) is 0 Å². The summed E-state index contributed by atoms with van der Waals surface area (Å²) >= 11 is 0. The maximum atomic E-state index is 12.7. The third kappa shape index (κ3) is 4.25. The fourth-order valence-corrected chi connectivity index (χ4v) is 3.13. The van der Waals surface area contributed by atoms with Gasteiger partial charge in [-0.3, -0.25) is 19.4 Å². The fourth-order valence-electron chi connectivity index (χ4n) is 3.13. The van der Waals surface area contributed by atoms with Crippen molar-refractivity contribution in [2.45, 2.75) is 13.3 Å². The van der Waals surface area contributed by atoms with Gasteiger partial charge in [0.2, 0.25) is 5.91 Å². The van der Waals surface area contributed by atoms with Crippen molar-refractivity contribution < 1.29 is 24.6 Å². The molecule has 1 aliphatic rings. The highest BCUT2D eigenvalue weighted by molar-refractivity contribution is 5.97. The van der Waals surface area contributed by atoms with Crippen LogP contribution in [0.5, 0.6) is 5.75 Å². The Labute approximate surface area is 161 Å². The summed E-state index contributed by atoms with van der Waals surface area (Å²) in [7, 11) is 0. The van der Waals surface area contributed by atoms with Gasteiger partial charge in [0.1, 0.15) is 5.75 Å². The Hall–Kier alpha value is -3.49. The average molecular weight is 384 g/mol. The molecule has 146 valence electrons. The first-order valence-corrected chi connectivity index (χ1v) is 8.74.